The van der Waals surface area contributed by atoms with Gasteiger partial charge in [-0.1, -0.05) is 12.2 Å². The van der Waals surface area contributed by atoms with Crippen molar-refractivity contribution in [3.05, 3.63) is 21.2 Å². The molecule has 1 fully saturated rings. The van der Waals surface area contributed by atoms with E-state index in [1.165, 1.54) is 25.9 Å². The molecule has 5 heteroatoms. The van der Waals surface area contributed by atoms with Crippen molar-refractivity contribution in [2.24, 2.45) is 0 Å². The van der Waals surface area contributed by atoms with Gasteiger partial charge in [0, 0.05) is 18.3 Å². The average Bonchev–Trinajstić information content (AvgIpc) is 2.62. The minimum Gasteiger partial charge on any atom is -0.339 e. The number of hydrogen-bond acceptors (Lipinski definition) is 3. The molecule has 2 rings (SSSR count). The van der Waals surface area contributed by atoms with Gasteiger partial charge in [0.25, 0.3) is 0 Å². The average molecular weight is 227 g/mol. The summed E-state index contributed by atoms with van der Waals surface area (Å²) in [4.78, 5) is 8.35. The summed E-state index contributed by atoms with van der Waals surface area (Å²) in [6.45, 7) is 3.30. The van der Waals surface area contributed by atoms with Crippen LogP contribution in [0.1, 0.15) is 18.4 Å². The summed E-state index contributed by atoms with van der Waals surface area (Å²) in [5, 5.41) is 0. The number of H-pyrrole nitrogens is 2. The largest absolute Gasteiger partial charge is 0.339 e. The number of hydrogen-bond donors (Lipinski definition) is 2. The molecule has 0 aliphatic carbocycles. The first-order valence-corrected chi connectivity index (χ1v) is 5.60. The molecule has 2 N–H and O–H groups in total. The monoisotopic (exact) mass is 227 g/mol. The van der Waals surface area contributed by atoms with Crippen molar-refractivity contribution in [2.75, 3.05) is 13.1 Å². The van der Waals surface area contributed by atoms with Crippen LogP contribution in [0, 0.1) is 9.41 Å². The Bertz CT molecular complexity index is 415. The maximum absolute atomic E-state index is 5.21. The predicted octanol–water partition coefficient (Wildman–Crippen LogP) is 2.40. The molecule has 14 heavy (non-hydrogen) atoms. The van der Waals surface area contributed by atoms with Gasteiger partial charge in [0.1, 0.15) is 4.64 Å². The second kappa shape index (κ2) is 4.33. The summed E-state index contributed by atoms with van der Waals surface area (Å²) in [6, 6.07) is 0. The highest BCUT2D eigenvalue weighted by molar-refractivity contribution is 7.72. The standard InChI is InChI=1S/C9H13N3S2/c13-8-7(5-10-9(14)11-8)6-12-3-1-2-4-12/h5H,1-4,6H2,(H2,10,11,13,14). The van der Waals surface area contributed by atoms with Gasteiger partial charge in [-0.3, -0.25) is 4.90 Å². The number of nitrogens with zero attached hydrogens (tertiary/aromatic N) is 1. The minimum absolute atomic E-state index is 0.597. The third kappa shape index (κ3) is 2.29. The third-order valence-corrected chi connectivity index (χ3v) is 3.07. The van der Waals surface area contributed by atoms with E-state index in [1.807, 2.05) is 6.20 Å². The van der Waals surface area contributed by atoms with Crippen molar-refractivity contribution >= 4 is 24.4 Å². The highest BCUT2D eigenvalue weighted by Crippen LogP contribution is 2.11. The lowest BCUT2D eigenvalue weighted by molar-refractivity contribution is 0.330. The van der Waals surface area contributed by atoms with Crippen molar-refractivity contribution in [3.63, 3.8) is 0 Å². The molecule has 1 aromatic heterocycles. The Morgan fingerprint density at radius 1 is 1.29 bits per heavy atom. The Morgan fingerprint density at radius 3 is 2.64 bits per heavy atom. The molecule has 2 heterocycles. The second-order valence-electron chi connectivity index (χ2n) is 3.58. The fourth-order valence-corrected chi connectivity index (χ4v) is 2.19. The van der Waals surface area contributed by atoms with Gasteiger partial charge in [-0.25, -0.2) is 0 Å². The molecule has 76 valence electrons. The molecule has 0 saturated carbocycles. The minimum atomic E-state index is 0.597. The van der Waals surface area contributed by atoms with Crippen molar-refractivity contribution in [2.45, 2.75) is 19.4 Å². The van der Waals surface area contributed by atoms with Crippen LogP contribution < -0.4 is 0 Å². The van der Waals surface area contributed by atoms with Crippen LogP contribution >= 0.6 is 24.4 Å². The SMILES string of the molecule is S=c1[nH]cc(CN2CCCC2)c(=S)[nH]1. The van der Waals surface area contributed by atoms with Crippen LogP contribution in [-0.4, -0.2) is 28.0 Å². The molecule has 0 aromatic carbocycles. The topological polar surface area (TPSA) is 34.8 Å². The van der Waals surface area contributed by atoms with Crippen LogP contribution in [0.3, 0.4) is 0 Å². The molecule has 1 saturated heterocycles. The van der Waals surface area contributed by atoms with Gasteiger partial charge in [0.05, 0.1) is 0 Å². The molecule has 1 aliphatic heterocycles. The molecule has 0 spiro atoms. The Hall–Kier alpha value is -0.520. The molecule has 0 amide bonds. The fourth-order valence-electron chi connectivity index (χ4n) is 1.74. The van der Waals surface area contributed by atoms with Crippen LogP contribution in [-0.2, 0) is 6.54 Å². The summed E-state index contributed by atoms with van der Waals surface area (Å²) >= 11 is 10.2. The second-order valence-corrected chi connectivity index (χ2v) is 4.40. The van der Waals surface area contributed by atoms with E-state index < -0.39 is 0 Å². The third-order valence-electron chi connectivity index (χ3n) is 2.49. The Kier molecular flexibility index (Phi) is 3.10. The quantitative estimate of drug-likeness (QED) is 0.761. The number of rotatable bonds is 2. The van der Waals surface area contributed by atoms with Crippen molar-refractivity contribution in [3.8, 4) is 0 Å². The number of likely N-dealkylation sites (tertiary alicyclic amines) is 1. The molecule has 1 aromatic rings. The number of aromatic amines is 2. The normalized spacial score (nSPS) is 17.4. The van der Waals surface area contributed by atoms with Crippen LogP contribution in [0.2, 0.25) is 0 Å². The first-order chi connectivity index (χ1) is 6.75. The summed E-state index contributed by atoms with van der Waals surface area (Å²) < 4.78 is 1.36. The molecule has 0 bridgehead atoms. The van der Waals surface area contributed by atoms with E-state index >= 15 is 0 Å². The van der Waals surface area contributed by atoms with E-state index in [0.717, 1.165) is 16.7 Å². The lowest BCUT2D eigenvalue weighted by Crippen LogP contribution is -2.18. The molecular formula is C9H13N3S2. The van der Waals surface area contributed by atoms with Gasteiger partial charge in [0.15, 0.2) is 4.77 Å². The van der Waals surface area contributed by atoms with Gasteiger partial charge in [-0.15, -0.1) is 0 Å². The number of aromatic nitrogens is 2. The van der Waals surface area contributed by atoms with E-state index in [1.54, 1.807) is 0 Å². The van der Waals surface area contributed by atoms with E-state index in [0.29, 0.717) is 4.77 Å². The Morgan fingerprint density at radius 2 is 2.00 bits per heavy atom. The highest BCUT2D eigenvalue weighted by atomic mass is 32.1. The lowest BCUT2D eigenvalue weighted by Gasteiger charge is -2.13. The molecule has 3 nitrogen and oxygen atoms in total. The Balaban J connectivity index is 2.16. The maximum atomic E-state index is 5.21. The molecule has 0 radical (unpaired) electrons. The van der Waals surface area contributed by atoms with Crippen molar-refractivity contribution in [1.82, 2.24) is 14.9 Å². The predicted molar refractivity (Wildman–Crippen MR) is 61.3 cm³/mol. The lowest BCUT2D eigenvalue weighted by atomic mass is 10.3. The van der Waals surface area contributed by atoms with Crippen molar-refractivity contribution in [1.29, 1.82) is 0 Å². The highest BCUT2D eigenvalue weighted by Gasteiger charge is 2.12. The summed E-state index contributed by atoms with van der Waals surface area (Å²) in [7, 11) is 0. The van der Waals surface area contributed by atoms with Gasteiger partial charge >= 0.3 is 0 Å². The van der Waals surface area contributed by atoms with E-state index in [2.05, 4.69) is 14.9 Å². The van der Waals surface area contributed by atoms with Gasteiger partial charge in [0.2, 0.25) is 0 Å². The van der Waals surface area contributed by atoms with Gasteiger partial charge in [-0.2, -0.15) is 0 Å². The first-order valence-electron chi connectivity index (χ1n) is 4.79. The van der Waals surface area contributed by atoms with E-state index in [-0.39, 0.29) is 0 Å². The maximum Gasteiger partial charge on any atom is 0.175 e. The van der Waals surface area contributed by atoms with Crippen LogP contribution in [0.4, 0.5) is 0 Å². The van der Waals surface area contributed by atoms with E-state index in [9.17, 15) is 0 Å². The van der Waals surface area contributed by atoms with Crippen molar-refractivity contribution < 1.29 is 0 Å². The Labute approximate surface area is 93.2 Å². The molecular weight excluding hydrogens is 214 g/mol. The zero-order chi connectivity index (χ0) is 9.97. The molecule has 0 atom stereocenters. The zero-order valence-electron chi connectivity index (χ0n) is 7.88. The van der Waals surface area contributed by atoms with Gasteiger partial charge < -0.3 is 9.97 Å². The van der Waals surface area contributed by atoms with Crippen LogP contribution in [0.15, 0.2) is 6.20 Å². The molecule has 0 unspecified atom stereocenters. The summed E-state index contributed by atoms with van der Waals surface area (Å²) in [6.07, 6.45) is 4.53. The fraction of sp³-hybridized carbons (Fsp3) is 0.556. The molecule has 1 aliphatic rings. The summed E-state index contributed by atoms with van der Waals surface area (Å²) in [5.74, 6) is 0. The number of nitrogens with one attached hydrogen (secondary N) is 2. The van der Waals surface area contributed by atoms with Crippen LogP contribution in [0.5, 0.6) is 0 Å². The summed E-state index contributed by atoms with van der Waals surface area (Å²) in [5.41, 5.74) is 1.13. The van der Waals surface area contributed by atoms with Crippen LogP contribution in [0.25, 0.3) is 0 Å². The van der Waals surface area contributed by atoms with E-state index in [4.69, 9.17) is 24.4 Å². The first kappa shape index (κ1) is 10.0. The van der Waals surface area contributed by atoms with Gasteiger partial charge in [-0.05, 0) is 38.1 Å². The zero-order valence-corrected chi connectivity index (χ0v) is 9.51. The smallest absolute Gasteiger partial charge is 0.175 e.